The molecule has 140 valence electrons. The Bertz CT molecular complexity index is 1020. The maximum atomic E-state index is 9.42. The Morgan fingerprint density at radius 3 is 2.54 bits per heavy atom. The summed E-state index contributed by atoms with van der Waals surface area (Å²) >= 11 is 1.54. The first-order valence-corrected chi connectivity index (χ1v) is 9.59. The molecule has 28 heavy (non-hydrogen) atoms. The van der Waals surface area contributed by atoms with E-state index in [1.165, 1.54) is 11.8 Å². The van der Waals surface area contributed by atoms with Crippen molar-refractivity contribution in [3.05, 3.63) is 84.2 Å². The van der Waals surface area contributed by atoms with Crippen molar-refractivity contribution in [1.82, 2.24) is 25.2 Å². The molecule has 0 spiro atoms. The largest absolute Gasteiger partial charge is 0.508 e. The van der Waals surface area contributed by atoms with Crippen LogP contribution in [0.15, 0.2) is 78.1 Å². The number of phenolic OH excluding ortho intramolecular Hbond substituents is 1. The van der Waals surface area contributed by atoms with Crippen LogP contribution in [0.1, 0.15) is 11.3 Å². The van der Waals surface area contributed by atoms with Gasteiger partial charge < -0.3 is 9.84 Å². The van der Waals surface area contributed by atoms with E-state index >= 15 is 0 Å². The first-order valence-electron chi connectivity index (χ1n) is 8.60. The molecule has 0 aliphatic heterocycles. The zero-order valence-corrected chi connectivity index (χ0v) is 15.7. The van der Waals surface area contributed by atoms with Gasteiger partial charge in [-0.1, -0.05) is 30.0 Å². The second-order valence-electron chi connectivity index (χ2n) is 5.93. The van der Waals surface area contributed by atoms with Crippen LogP contribution in [-0.2, 0) is 12.4 Å². The van der Waals surface area contributed by atoms with E-state index in [9.17, 15) is 5.11 Å². The normalized spacial score (nSPS) is 10.7. The third-order valence-corrected chi connectivity index (χ3v) is 4.93. The van der Waals surface area contributed by atoms with Crippen molar-refractivity contribution in [1.29, 1.82) is 0 Å². The van der Waals surface area contributed by atoms with Crippen molar-refractivity contribution in [3.63, 3.8) is 0 Å². The number of hydrogen-bond donors (Lipinski definition) is 1. The minimum atomic E-state index is 0.205. The summed E-state index contributed by atoms with van der Waals surface area (Å²) in [5.41, 5.74) is 2.82. The smallest absolute Gasteiger partial charge is 0.214 e. The van der Waals surface area contributed by atoms with Gasteiger partial charge in [0.1, 0.15) is 18.1 Å². The zero-order chi connectivity index (χ0) is 19.2. The highest BCUT2D eigenvalue weighted by molar-refractivity contribution is 7.98. The standard InChI is InChI=1S/C20H17N5O2S/c26-18-8-6-17(7-9-18)25-20(22-23-24-25)28-14-15-4-10-19(11-5-15)27-13-16-3-1-2-12-21-16/h1-12,26H,13-14H2. The van der Waals surface area contributed by atoms with E-state index in [0.717, 1.165) is 28.4 Å². The number of ether oxygens (including phenoxy) is 1. The fourth-order valence-electron chi connectivity index (χ4n) is 2.50. The average Bonchev–Trinajstić information content (AvgIpc) is 3.21. The van der Waals surface area contributed by atoms with E-state index in [2.05, 4.69) is 20.5 Å². The van der Waals surface area contributed by atoms with Crippen LogP contribution < -0.4 is 4.74 Å². The number of tetrazole rings is 1. The number of hydrogen-bond acceptors (Lipinski definition) is 7. The van der Waals surface area contributed by atoms with Gasteiger partial charge in [0, 0.05) is 11.9 Å². The van der Waals surface area contributed by atoms with Crippen molar-refractivity contribution in [2.75, 3.05) is 0 Å². The summed E-state index contributed by atoms with van der Waals surface area (Å²) in [7, 11) is 0. The second kappa shape index (κ2) is 8.53. The molecule has 0 amide bonds. The van der Waals surface area contributed by atoms with Crippen LogP contribution in [0.5, 0.6) is 11.5 Å². The first-order chi connectivity index (χ1) is 13.8. The van der Waals surface area contributed by atoms with Crippen LogP contribution in [0.4, 0.5) is 0 Å². The van der Waals surface area contributed by atoms with Crippen LogP contribution in [-0.4, -0.2) is 30.3 Å². The molecule has 2 aromatic heterocycles. The number of benzene rings is 2. The molecule has 2 aromatic carbocycles. The molecule has 0 fully saturated rings. The van der Waals surface area contributed by atoms with Gasteiger partial charge in [0.05, 0.1) is 11.4 Å². The quantitative estimate of drug-likeness (QED) is 0.481. The van der Waals surface area contributed by atoms with Gasteiger partial charge in [0.15, 0.2) is 0 Å². The maximum Gasteiger partial charge on any atom is 0.214 e. The average molecular weight is 391 g/mol. The van der Waals surface area contributed by atoms with Gasteiger partial charge in [-0.15, -0.1) is 5.10 Å². The van der Waals surface area contributed by atoms with Crippen molar-refractivity contribution in [2.24, 2.45) is 0 Å². The number of nitrogens with zero attached hydrogens (tertiary/aromatic N) is 5. The molecule has 8 heteroatoms. The van der Waals surface area contributed by atoms with E-state index in [1.54, 1.807) is 35.1 Å². The summed E-state index contributed by atoms with van der Waals surface area (Å²) in [5, 5.41) is 22.0. The molecular formula is C20H17N5O2S. The number of aromatic hydroxyl groups is 1. The molecule has 0 aliphatic rings. The molecule has 0 saturated heterocycles. The SMILES string of the molecule is Oc1ccc(-n2nnnc2SCc2ccc(OCc3ccccn3)cc2)cc1. The van der Waals surface area contributed by atoms with Gasteiger partial charge in [-0.05, 0) is 64.5 Å². The number of aromatic nitrogens is 5. The predicted molar refractivity (Wildman–Crippen MR) is 105 cm³/mol. The van der Waals surface area contributed by atoms with Gasteiger partial charge in [-0.3, -0.25) is 4.98 Å². The third-order valence-electron chi connectivity index (χ3n) is 3.94. The molecule has 7 nitrogen and oxygen atoms in total. The minimum Gasteiger partial charge on any atom is -0.508 e. The number of rotatable bonds is 7. The Kier molecular flexibility index (Phi) is 5.48. The monoisotopic (exact) mass is 391 g/mol. The lowest BCUT2D eigenvalue weighted by Gasteiger charge is -2.07. The Morgan fingerprint density at radius 1 is 0.964 bits per heavy atom. The van der Waals surface area contributed by atoms with Crippen LogP contribution in [0, 0.1) is 0 Å². The van der Waals surface area contributed by atoms with Crippen LogP contribution in [0.2, 0.25) is 0 Å². The Labute approximate surface area is 166 Å². The summed E-state index contributed by atoms with van der Waals surface area (Å²) < 4.78 is 7.41. The lowest BCUT2D eigenvalue weighted by molar-refractivity contribution is 0.301. The van der Waals surface area contributed by atoms with E-state index in [1.807, 2.05) is 42.5 Å². The van der Waals surface area contributed by atoms with Gasteiger partial charge in [0.25, 0.3) is 0 Å². The third kappa shape index (κ3) is 4.47. The molecule has 4 aromatic rings. The summed E-state index contributed by atoms with van der Waals surface area (Å²) in [5.74, 6) is 1.73. The number of phenols is 1. The lowest BCUT2D eigenvalue weighted by atomic mass is 10.2. The fourth-order valence-corrected chi connectivity index (χ4v) is 3.34. The highest BCUT2D eigenvalue weighted by atomic mass is 32.2. The van der Waals surface area contributed by atoms with Crippen molar-refractivity contribution in [3.8, 4) is 17.2 Å². The molecule has 0 bridgehead atoms. The molecule has 0 unspecified atom stereocenters. The summed E-state index contributed by atoms with van der Waals surface area (Å²) in [6.45, 7) is 0.441. The predicted octanol–water partition coefficient (Wildman–Crippen LogP) is 3.63. The molecular weight excluding hydrogens is 374 g/mol. The Hall–Kier alpha value is -3.39. The van der Waals surface area contributed by atoms with E-state index in [-0.39, 0.29) is 5.75 Å². The van der Waals surface area contributed by atoms with Crippen molar-refractivity contribution < 1.29 is 9.84 Å². The molecule has 4 rings (SSSR count). The fraction of sp³-hybridized carbons (Fsp3) is 0.100. The van der Waals surface area contributed by atoms with Crippen LogP contribution >= 0.6 is 11.8 Å². The molecule has 0 atom stereocenters. The van der Waals surface area contributed by atoms with Crippen molar-refractivity contribution in [2.45, 2.75) is 17.5 Å². The second-order valence-corrected chi connectivity index (χ2v) is 6.87. The van der Waals surface area contributed by atoms with Crippen molar-refractivity contribution >= 4 is 11.8 Å². The molecule has 0 radical (unpaired) electrons. The molecule has 2 heterocycles. The van der Waals surface area contributed by atoms with E-state index in [0.29, 0.717) is 11.8 Å². The maximum absolute atomic E-state index is 9.42. The lowest BCUT2D eigenvalue weighted by Crippen LogP contribution is -1.99. The summed E-state index contributed by atoms with van der Waals surface area (Å²) in [6, 6.07) is 20.4. The molecule has 0 saturated carbocycles. The van der Waals surface area contributed by atoms with E-state index in [4.69, 9.17) is 4.74 Å². The van der Waals surface area contributed by atoms with Gasteiger partial charge in [-0.25, -0.2) is 0 Å². The van der Waals surface area contributed by atoms with Crippen LogP contribution in [0.3, 0.4) is 0 Å². The first kappa shape index (κ1) is 18.0. The number of pyridine rings is 1. The van der Waals surface area contributed by atoms with Gasteiger partial charge in [0.2, 0.25) is 5.16 Å². The van der Waals surface area contributed by atoms with Gasteiger partial charge in [-0.2, -0.15) is 4.68 Å². The zero-order valence-electron chi connectivity index (χ0n) is 14.8. The number of thioether (sulfide) groups is 1. The Morgan fingerprint density at radius 2 is 1.79 bits per heavy atom. The highest BCUT2D eigenvalue weighted by Crippen LogP contribution is 2.24. The Balaban J connectivity index is 1.35. The van der Waals surface area contributed by atoms with Crippen LogP contribution in [0.25, 0.3) is 5.69 Å². The topological polar surface area (TPSA) is 86.0 Å². The van der Waals surface area contributed by atoms with E-state index < -0.39 is 0 Å². The van der Waals surface area contributed by atoms with Gasteiger partial charge >= 0.3 is 0 Å². The molecule has 0 aliphatic carbocycles. The molecule has 1 N–H and O–H groups in total. The highest BCUT2D eigenvalue weighted by Gasteiger charge is 2.09. The summed E-state index contributed by atoms with van der Waals surface area (Å²) in [6.07, 6.45) is 1.75. The summed E-state index contributed by atoms with van der Waals surface area (Å²) in [4.78, 5) is 4.24. The minimum absolute atomic E-state index is 0.205.